The third kappa shape index (κ3) is 3.28. The Kier molecular flexibility index (Phi) is 4.61. The predicted octanol–water partition coefficient (Wildman–Crippen LogP) is 4.34. The fourth-order valence-electron chi connectivity index (χ4n) is 2.32. The lowest BCUT2D eigenvalue weighted by molar-refractivity contribution is 0.0783. The molecule has 3 heteroatoms. The average molecular weight is 332 g/mol. The number of halogens is 1. The zero-order valence-corrected chi connectivity index (χ0v) is 13.6. The van der Waals surface area contributed by atoms with Gasteiger partial charge >= 0.3 is 0 Å². The first kappa shape index (κ1) is 14.8. The maximum Gasteiger partial charge on any atom is 0.254 e. The molecule has 2 rings (SSSR count). The number of hydrogen-bond acceptors (Lipinski definition) is 1. The first-order valence-electron chi connectivity index (χ1n) is 6.55. The van der Waals surface area contributed by atoms with Crippen molar-refractivity contribution in [3.05, 3.63) is 69.2 Å². The second-order valence-corrected chi connectivity index (χ2v) is 5.97. The Morgan fingerprint density at radius 3 is 2.30 bits per heavy atom. The van der Waals surface area contributed by atoms with Crippen LogP contribution in [0.3, 0.4) is 0 Å². The molecule has 0 aliphatic rings. The Labute approximate surface area is 128 Å². The van der Waals surface area contributed by atoms with Crippen molar-refractivity contribution in [3.63, 3.8) is 0 Å². The summed E-state index contributed by atoms with van der Waals surface area (Å²) < 4.78 is 1.03. The average Bonchev–Trinajstić information content (AvgIpc) is 2.38. The molecule has 0 spiro atoms. The van der Waals surface area contributed by atoms with Gasteiger partial charge in [-0.1, -0.05) is 46.3 Å². The number of rotatable bonds is 3. The summed E-state index contributed by atoms with van der Waals surface area (Å²) in [5.74, 6) is 0.0700. The topological polar surface area (TPSA) is 20.3 Å². The van der Waals surface area contributed by atoms with E-state index in [9.17, 15) is 4.79 Å². The molecule has 104 valence electrons. The standard InChI is InChI=1S/C17H18BrNO/c1-12-6-4-7-13(2)16(12)17(20)19(3)11-14-8-5-9-15(18)10-14/h4-10H,11H2,1-3H3. The van der Waals surface area contributed by atoms with Crippen LogP contribution in [-0.2, 0) is 6.54 Å². The van der Waals surface area contributed by atoms with Gasteiger partial charge in [0.25, 0.3) is 5.91 Å². The zero-order chi connectivity index (χ0) is 14.7. The van der Waals surface area contributed by atoms with E-state index in [1.807, 2.05) is 63.4 Å². The molecule has 2 nitrogen and oxygen atoms in total. The van der Waals surface area contributed by atoms with Crippen LogP contribution in [0.25, 0.3) is 0 Å². The Morgan fingerprint density at radius 2 is 1.70 bits per heavy atom. The molecule has 2 aromatic carbocycles. The van der Waals surface area contributed by atoms with Gasteiger partial charge in [-0.3, -0.25) is 4.79 Å². The van der Waals surface area contributed by atoms with E-state index in [1.165, 1.54) is 0 Å². The molecule has 0 heterocycles. The molecule has 0 atom stereocenters. The van der Waals surface area contributed by atoms with Crippen LogP contribution in [0.4, 0.5) is 0 Å². The van der Waals surface area contributed by atoms with Crippen LogP contribution < -0.4 is 0 Å². The van der Waals surface area contributed by atoms with E-state index < -0.39 is 0 Å². The Bertz CT molecular complexity index is 616. The minimum atomic E-state index is 0.0700. The van der Waals surface area contributed by atoms with Gasteiger partial charge in [-0.25, -0.2) is 0 Å². The molecule has 20 heavy (non-hydrogen) atoms. The summed E-state index contributed by atoms with van der Waals surface area (Å²) >= 11 is 3.45. The SMILES string of the molecule is Cc1cccc(C)c1C(=O)N(C)Cc1cccc(Br)c1. The molecule has 0 aromatic heterocycles. The molecule has 1 amide bonds. The van der Waals surface area contributed by atoms with Crippen LogP contribution in [0.2, 0.25) is 0 Å². The summed E-state index contributed by atoms with van der Waals surface area (Å²) in [5, 5.41) is 0. The van der Waals surface area contributed by atoms with Crippen molar-refractivity contribution >= 4 is 21.8 Å². The predicted molar refractivity (Wildman–Crippen MR) is 85.9 cm³/mol. The largest absolute Gasteiger partial charge is 0.337 e. The molecule has 0 radical (unpaired) electrons. The van der Waals surface area contributed by atoms with Crippen molar-refractivity contribution in [1.29, 1.82) is 0 Å². The Hall–Kier alpha value is -1.61. The van der Waals surface area contributed by atoms with E-state index in [-0.39, 0.29) is 5.91 Å². The minimum Gasteiger partial charge on any atom is -0.337 e. The highest BCUT2D eigenvalue weighted by Gasteiger charge is 2.16. The lowest BCUT2D eigenvalue weighted by Gasteiger charge is -2.20. The van der Waals surface area contributed by atoms with E-state index in [0.717, 1.165) is 26.7 Å². The molecular weight excluding hydrogens is 314 g/mol. The lowest BCUT2D eigenvalue weighted by Crippen LogP contribution is -2.27. The van der Waals surface area contributed by atoms with E-state index in [1.54, 1.807) is 4.90 Å². The molecule has 2 aromatic rings. The van der Waals surface area contributed by atoms with Gasteiger partial charge < -0.3 is 4.90 Å². The van der Waals surface area contributed by atoms with Crippen LogP contribution in [-0.4, -0.2) is 17.9 Å². The van der Waals surface area contributed by atoms with Crippen LogP contribution in [0.15, 0.2) is 46.9 Å². The summed E-state index contributed by atoms with van der Waals surface area (Å²) in [7, 11) is 1.84. The highest BCUT2D eigenvalue weighted by Crippen LogP contribution is 2.18. The van der Waals surface area contributed by atoms with Gasteiger partial charge in [0.15, 0.2) is 0 Å². The number of carbonyl (C=O) groups excluding carboxylic acids is 1. The molecule has 0 N–H and O–H groups in total. The van der Waals surface area contributed by atoms with Crippen LogP contribution >= 0.6 is 15.9 Å². The highest BCUT2D eigenvalue weighted by molar-refractivity contribution is 9.10. The summed E-state index contributed by atoms with van der Waals surface area (Å²) in [5.41, 5.74) is 3.97. The van der Waals surface area contributed by atoms with E-state index in [2.05, 4.69) is 15.9 Å². The normalized spacial score (nSPS) is 10.4. The molecule has 0 aliphatic heterocycles. The Balaban J connectivity index is 2.21. The van der Waals surface area contributed by atoms with Gasteiger partial charge in [-0.15, -0.1) is 0 Å². The maximum atomic E-state index is 12.6. The highest BCUT2D eigenvalue weighted by atomic mass is 79.9. The van der Waals surface area contributed by atoms with Crippen LogP contribution in [0, 0.1) is 13.8 Å². The van der Waals surface area contributed by atoms with Gasteiger partial charge in [0, 0.05) is 23.6 Å². The van der Waals surface area contributed by atoms with E-state index >= 15 is 0 Å². The number of amides is 1. The fraction of sp³-hybridized carbons (Fsp3) is 0.235. The second kappa shape index (κ2) is 6.23. The van der Waals surface area contributed by atoms with Gasteiger partial charge in [0.05, 0.1) is 0 Å². The number of carbonyl (C=O) groups is 1. The molecule has 0 aliphatic carbocycles. The lowest BCUT2D eigenvalue weighted by atomic mass is 10.0. The third-order valence-corrected chi connectivity index (χ3v) is 3.84. The molecular formula is C17H18BrNO. The van der Waals surface area contributed by atoms with Gasteiger partial charge in [0.2, 0.25) is 0 Å². The van der Waals surface area contributed by atoms with Crippen LogP contribution in [0.1, 0.15) is 27.0 Å². The summed E-state index contributed by atoms with van der Waals surface area (Å²) in [4.78, 5) is 14.4. The van der Waals surface area contributed by atoms with E-state index in [4.69, 9.17) is 0 Å². The minimum absolute atomic E-state index is 0.0700. The van der Waals surface area contributed by atoms with Crippen molar-refractivity contribution in [3.8, 4) is 0 Å². The molecule has 0 bridgehead atoms. The first-order chi connectivity index (χ1) is 9.49. The molecule has 0 saturated carbocycles. The summed E-state index contributed by atoms with van der Waals surface area (Å²) in [6.07, 6.45) is 0. The first-order valence-corrected chi connectivity index (χ1v) is 7.34. The van der Waals surface area contributed by atoms with Crippen molar-refractivity contribution in [2.75, 3.05) is 7.05 Å². The second-order valence-electron chi connectivity index (χ2n) is 5.06. The fourth-order valence-corrected chi connectivity index (χ4v) is 2.77. The number of nitrogens with zero attached hydrogens (tertiary/aromatic N) is 1. The maximum absolute atomic E-state index is 12.6. The molecule has 0 saturated heterocycles. The number of aryl methyl sites for hydroxylation is 2. The van der Waals surface area contributed by atoms with Crippen molar-refractivity contribution in [1.82, 2.24) is 4.90 Å². The third-order valence-electron chi connectivity index (χ3n) is 3.35. The van der Waals surface area contributed by atoms with E-state index in [0.29, 0.717) is 6.54 Å². The quantitative estimate of drug-likeness (QED) is 0.819. The van der Waals surface area contributed by atoms with Crippen molar-refractivity contribution in [2.24, 2.45) is 0 Å². The molecule has 0 fully saturated rings. The number of hydrogen-bond donors (Lipinski definition) is 0. The summed E-state index contributed by atoms with van der Waals surface area (Å²) in [6, 6.07) is 14.0. The Morgan fingerprint density at radius 1 is 1.10 bits per heavy atom. The smallest absolute Gasteiger partial charge is 0.254 e. The zero-order valence-electron chi connectivity index (χ0n) is 12.0. The van der Waals surface area contributed by atoms with Gasteiger partial charge in [0.1, 0.15) is 0 Å². The van der Waals surface area contributed by atoms with Gasteiger partial charge in [-0.05, 0) is 42.7 Å². The monoisotopic (exact) mass is 331 g/mol. The van der Waals surface area contributed by atoms with Crippen LogP contribution in [0.5, 0.6) is 0 Å². The van der Waals surface area contributed by atoms with Crippen molar-refractivity contribution < 1.29 is 4.79 Å². The molecule has 0 unspecified atom stereocenters. The van der Waals surface area contributed by atoms with Crippen molar-refractivity contribution in [2.45, 2.75) is 20.4 Å². The summed E-state index contributed by atoms with van der Waals surface area (Å²) in [6.45, 7) is 4.56. The number of benzene rings is 2. The van der Waals surface area contributed by atoms with Gasteiger partial charge in [-0.2, -0.15) is 0 Å².